The molecule has 0 bridgehead atoms. The van der Waals surface area contributed by atoms with Crippen LogP contribution in [0.25, 0.3) is 0 Å². The molecule has 0 radical (unpaired) electrons. The van der Waals surface area contributed by atoms with Gasteiger partial charge in [0.1, 0.15) is 5.25 Å². The molecule has 3 aliphatic rings. The zero-order valence-electron chi connectivity index (χ0n) is 13.6. The van der Waals surface area contributed by atoms with Gasteiger partial charge in [-0.1, -0.05) is 50.3 Å². The first-order valence-corrected chi connectivity index (χ1v) is 9.82. The summed E-state index contributed by atoms with van der Waals surface area (Å²) in [5.74, 6) is -0.933. The van der Waals surface area contributed by atoms with E-state index in [1.54, 1.807) is 0 Å². The van der Waals surface area contributed by atoms with Crippen LogP contribution in [0.3, 0.4) is 0 Å². The van der Waals surface area contributed by atoms with E-state index in [1.807, 2.05) is 4.90 Å². The molecule has 1 heterocycles. The van der Waals surface area contributed by atoms with Crippen LogP contribution in [-0.2, 0) is 9.59 Å². The number of hydrogen-bond acceptors (Lipinski definition) is 4. The summed E-state index contributed by atoms with van der Waals surface area (Å²) in [6, 6.07) is 0.540. The molecular weight excluding hydrogens is 312 g/mol. The van der Waals surface area contributed by atoms with Gasteiger partial charge in [0, 0.05) is 6.04 Å². The van der Waals surface area contributed by atoms with E-state index in [4.69, 9.17) is 10.1 Å². The van der Waals surface area contributed by atoms with Gasteiger partial charge in [0.25, 0.3) is 0 Å². The van der Waals surface area contributed by atoms with Crippen molar-refractivity contribution in [1.29, 1.82) is 0 Å². The highest BCUT2D eigenvalue weighted by Gasteiger charge is 2.43. The Kier molecular flexibility index (Phi) is 5.62. The Morgan fingerprint density at radius 1 is 1.09 bits per heavy atom. The smallest absolute Gasteiger partial charge is 0.305 e. The van der Waals surface area contributed by atoms with Crippen molar-refractivity contribution in [2.24, 2.45) is 4.99 Å². The van der Waals surface area contributed by atoms with E-state index in [0.717, 1.165) is 43.7 Å². The van der Waals surface area contributed by atoms with Crippen molar-refractivity contribution in [2.45, 2.75) is 88.0 Å². The first-order valence-electron chi connectivity index (χ1n) is 8.94. The number of nitrogens with zero attached hydrogens (tertiary/aromatic N) is 2. The molecule has 5 nitrogen and oxygen atoms in total. The first kappa shape index (κ1) is 16.8. The monoisotopic (exact) mass is 338 g/mol. The van der Waals surface area contributed by atoms with E-state index in [1.165, 1.54) is 37.4 Å². The van der Waals surface area contributed by atoms with E-state index >= 15 is 0 Å². The van der Waals surface area contributed by atoms with Gasteiger partial charge >= 0.3 is 5.97 Å². The summed E-state index contributed by atoms with van der Waals surface area (Å²) in [5.41, 5.74) is 0. The van der Waals surface area contributed by atoms with Gasteiger partial charge < -0.3 is 5.11 Å². The van der Waals surface area contributed by atoms with Crippen molar-refractivity contribution in [3.05, 3.63) is 0 Å². The predicted octanol–water partition coefficient (Wildman–Crippen LogP) is 3.43. The van der Waals surface area contributed by atoms with Gasteiger partial charge in [-0.2, -0.15) is 0 Å². The van der Waals surface area contributed by atoms with Crippen molar-refractivity contribution >= 4 is 28.8 Å². The van der Waals surface area contributed by atoms with Crippen molar-refractivity contribution in [2.75, 3.05) is 0 Å². The molecule has 1 aliphatic heterocycles. The lowest BCUT2D eigenvalue weighted by Crippen LogP contribution is -2.42. The maximum absolute atomic E-state index is 12.8. The number of carboxylic acids is 1. The van der Waals surface area contributed by atoms with Crippen LogP contribution < -0.4 is 0 Å². The molecular formula is C17H26N2O3S. The zero-order chi connectivity index (χ0) is 16.2. The van der Waals surface area contributed by atoms with Crippen LogP contribution in [0.15, 0.2) is 4.99 Å². The molecule has 2 aliphatic carbocycles. The van der Waals surface area contributed by atoms with Crippen molar-refractivity contribution in [3.8, 4) is 0 Å². The Bertz CT molecular complexity index is 482. The third-order valence-corrected chi connectivity index (χ3v) is 6.30. The van der Waals surface area contributed by atoms with Gasteiger partial charge in [0.15, 0.2) is 5.17 Å². The molecule has 23 heavy (non-hydrogen) atoms. The summed E-state index contributed by atoms with van der Waals surface area (Å²) in [7, 11) is 0. The number of carboxylic acid groups (broad SMARTS) is 1. The predicted molar refractivity (Wildman–Crippen MR) is 91.7 cm³/mol. The highest BCUT2D eigenvalue weighted by atomic mass is 32.2. The summed E-state index contributed by atoms with van der Waals surface area (Å²) in [6.45, 7) is 0. The largest absolute Gasteiger partial charge is 0.481 e. The van der Waals surface area contributed by atoms with E-state index < -0.39 is 11.2 Å². The third-order valence-electron chi connectivity index (χ3n) is 5.13. The lowest BCUT2D eigenvalue weighted by Gasteiger charge is -2.31. The molecule has 1 amide bonds. The maximum atomic E-state index is 12.8. The summed E-state index contributed by atoms with van der Waals surface area (Å²) >= 11 is 1.39. The molecule has 0 aromatic carbocycles. The number of aliphatic imine (C=N–C) groups is 1. The lowest BCUT2D eigenvalue weighted by molar-refractivity contribution is -0.139. The minimum absolute atomic E-state index is 0.0288. The summed E-state index contributed by atoms with van der Waals surface area (Å²) < 4.78 is 0. The van der Waals surface area contributed by atoms with Gasteiger partial charge in [-0.05, 0) is 25.7 Å². The van der Waals surface area contributed by atoms with Crippen LogP contribution in [0, 0.1) is 0 Å². The third kappa shape index (κ3) is 4.08. The summed E-state index contributed by atoms with van der Waals surface area (Å²) in [5, 5.41) is 9.39. The molecule has 1 unspecified atom stereocenters. The summed E-state index contributed by atoms with van der Waals surface area (Å²) in [6.07, 6.45) is 11.4. The number of amidine groups is 1. The van der Waals surface area contributed by atoms with Crippen LogP contribution in [-0.4, -0.2) is 44.4 Å². The van der Waals surface area contributed by atoms with E-state index in [9.17, 15) is 9.59 Å². The number of carbonyl (C=O) groups excluding carboxylic acids is 1. The van der Waals surface area contributed by atoms with E-state index in [0.29, 0.717) is 6.04 Å². The minimum Gasteiger partial charge on any atom is -0.481 e. The quantitative estimate of drug-likeness (QED) is 0.852. The van der Waals surface area contributed by atoms with Crippen LogP contribution in [0.4, 0.5) is 0 Å². The van der Waals surface area contributed by atoms with Crippen LogP contribution >= 0.6 is 11.8 Å². The van der Waals surface area contributed by atoms with Gasteiger partial charge in [-0.15, -0.1) is 0 Å². The number of rotatable bonds is 4. The minimum atomic E-state index is -0.904. The molecule has 1 atom stereocenters. The SMILES string of the molecule is O=C(O)CC1S/C(=N/C2CCCCC2)N(C2CCCCC2)C1=O. The van der Waals surface area contributed by atoms with E-state index in [2.05, 4.69) is 0 Å². The Morgan fingerprint density at radius 2 is 1.70 bits per heavy atom. The Labute approximate surface area is 141 Å². The van der Waals surface area contributed by atoms with Crippen LogP contribution in [0.1, 0.15) is 70.6 Å². The average Bonchev–Trinajstić information content (AvgIpc) is 2.84. The lowest BCUT2D eigenvalue weighted by atomic mass is 9.94. The van der Waals surface area contributed by atoms with Gasteiger partial charge in [0.05, 0.1) is 12.5 Å². The molecule has 6 heteroatoms. The number of thioether (sulfide) groups is 1. The van der Waals surface area contributed by atoms with Gasteiger partial charge in [-0.3, -0.25) is 19.5 Å². The zero-order valence-corrected chi connectivity index (χ0v) is 14.4. The first-order chi connectivity index (χ1) is 11.1. The number of carbonyl (C=O) groups is 2. The highest BCUT2D eigenvalue weighted by Crippen LogP contribution is 2.36. The van der Waals surface area contributed by atoms with E-state index in [-0.39, 0.29) is 18.4 Å². The molecule has 2 saturated carbocycles. The fourth-order valence-electron chi connectivity index (χ4n) is 3.91. The number of hydrogen-bond donors (Lipinski definition) is 1. The normalized spacial score (nSPS) is 29.4. The molecule has 0 aromatic heterocycles. The number of amides is 1. The highest BCUT2D eigenvalue weighted by molar-refractivity contribution is 8.15. The maximum Gasteiger partial charge on any atom is 0.305 e. The standard InChI is InChI=1S/C17H26N2O3S/c20-15(21)11-14-16(22)19(13-9-5-2-6-10-13)17(23-14)18-12-7-3-1-4-8-12/h12-14H,1-11H2,(H,20,21)/b18-17+. The molecule has 0 spiro atoms. The van der Waals surface area contributed by atoms with Crippen LogP contribution in [0.2, 0.25) is 0 Å². The van der Waals surface area contributed by atoms with Gasteiger partial charge in [-0.25, -0.2) is 0 Å². The number of aliphatic carboxylic acids is 1. The molecule has 1 saturated heterocycles. The topological polar surface area (TPSA) is 70.0 Å². The Balaban J connectivity index is 1.79. The molecule has 128 valence electrons. The van der Waals surface area contributed by atoms with Gasteiger partial charge in [0.2, 0.25) is 5.91 Å². The fourth-order valence-corrected chi connectivity index (χ4v) is 5.16. The second-order valence-corrected chi connectivity index (χ2v) is 8.08. The molecule has 1 N–H and O–H groups in total. The fraction of sp³-hybridized carbons (Fsp3) is 0.824. The van der Waals surface area contributed by atoms with Crippen molar-refractivity contribution in [3.63, 3.8) is 0 Å². The Hall–Kier alpha value is -1.04. The van der Waals surface area contributed by atoms with Crippen molar-refractivity contribution in [1.82, 2.24) is 4.90 Å². The second-order valence-electron chi connectivity index (χ2n) is 6.91. The van der Waals surface area contributed by atoms with Crippen LogP contribution in [0.5, 0.6) is 0 Å². The molecule has 3 fully saturated rings. The van der Waals surface area contributed by atoms with Crippen molar-refractivity contribution < 1.29 is 14.7 Å². The molecule has 3 rings (SSSR count). The average molecular weight is 338 g/mol. The summed E-state index contributed by atoms with van der Waals surface area (Å²) in [4.78, 5) is 30.6. The Morgan fingerprint density at radius 3 is 2.30 bits per heavy atom. The second kappa shape index (κ2) is 7.69. The molecule has 0 aromatic rings.